The molecule has 3 aromatic rings. The number of carbonyl (C=O) groups is 1. The van der Waals surface area contributed by atoms with E-state index in [1.54, 1.807) is 14.2 Å². The first-order valence-corrected chi connectivity index (χ1v) is 8.04. The van der Waals surface area contributed by atoms with Crippen LogP contribution in [0.4, 0.5) is 0 Å². The van der Waals surface area contributed by atoms with Crippen molar-refractivity contribution in [3.8, 4) is 5.75 Å². The lowest BCUT2D eigenvalue weighted by Gasteiger charge is -2.09. The number of amides is 1. The minimum absolute atomic E-state index is 0.0136. The van der Waals surface area contributed by atoms with Crippen molar-refractivity contribution in [2.45, 2.75) is 19.9 Å². The highest BCUT2D eigenvalue weighted by molar-refractivity contribution is 5.91. The lowest BCUT2D eigenvalue weighted by molar-refractivity contribution is -0.119. The number of methoxy groups -OCH3 is 1. The molecule has 1 heterocycles. The molecule has 1 N–H and O–H groups in total. The Morgan fingerprint density at radius 1 is 1.17 bits per heavy atom. The third-order valence-corrected chi connectivity index (χ3v) is 4.46. The van der Waals surface area contributed by atoms with E-state index in [1.807, 2.05) is 30.3 Å². The number of aromatic nitrogens is 1. The number of rotatable bonds is 5. The maximum atomic E-state index is 11.9. The van der Waals surface area contributed by atoms with Crippen molar-refractivity contribution in [1.82, 2.24) is 9.88 Å². The number of benzene rings is 2. The fourth-order valence-electron chi connectivity index (χ4n) is 3.10. The topological polar surface area (TPSA) is 43.3 Å². The van der Waals surface area contributed by atoms with E-state index >= 15 is 0 Å². The molecule has 3 rings (SSSR count). The van der Waals surface area contributed by atoms with Gasteiger partial charge < -0.3 is 14.6 Å². The Kier molecular flexibility index (Phi) is 4.56. The predicted molar refractivity (Wildman–Crippen MR) is 96.5 cm³/mol. The summed E-state index contributed by atoms with van der Waals surface area (Å²) in [4.78, 5) is 11.9. The van der Waals surface area contributed by atoms with Crippen molar-refractivity contribution in [3.63, 3.8) is 0 Å². The van der Waals surface area contributed by atoms with Crippen LogP contribution in [-0.4, -0.2) is 24.6 Å². The van der Waals surface area contributed by atoms with Gasteiger partial charge in [-0.15, -0.1) is 0 Å². The molecule has 0 aliphatic rings. The Balaban J connectivity index is 2.14. The van der Waals surface area contributed by atoms with Crippen LogP contribution < -0.4 is 10.1 Å². The molecule has 0 unspecified atom stereocenters. The predicted octanol–water partition coefficient (Wildman–Crippen LogP) is 3.30. The van der Waals surface area contributed by atoms with Crippen LogP contribution in [0.5, 0.6) is 5.75 Å². The zero-order valence-corrected chi connectivity index (χ0v) is 14.3. The molecule has 0 saturated carbocycles. The number of carbonyl (C=O) groups excluding carboxylic acids is 1. The van der Waals surface area contributed by atoms with Gasteiger partial charge >= 0.3 is 0 Å². The van der Waals surface area contributed by atoms with Crippen LogP contribution in [0.1, 0.15) is 16.8 Å². The van der Waals surface area contributed by atoms with Gasteiger partial charge in [0.15, 0.2) is 0 Å². The molecular formula is C20H22N2O2. The van der Waals surface area contributed by atoms with Gasteiger partial charge in [-0.05, 0) is 36.2 Å². The van der Waals surface area contributed by atoms with Crippen LogP contribution in [0.2, 0.25) is 0 Å². The third-order valence-electron chi connectivity index (χ3n) is 4.46. The maximum Gasteiger partial charge on any atom is 0.224 e. The first-order valence-electron chi connectivity index (χ1n) is 8.04. The molecule has 0 fully saturated rings. The minimum Gasteiger partial charge on any atom is -0.497 e. The molecule has 4 heteroatoms. The third kappa shape index (κ3) is 3.00. The largest absolute Gasteiger partial charge is 0.497 e. The van der Waals surface area contributed by atoms with Crippen LogP contribution in [0.25, 0.3) is 10.9 Å². The monoisotopic (exact) mass is 322 g/mol. The van der Waals surface area contributed by atoms with Gasteiger partial charge in [0.25, 0.3) is 0 Å². The van der Waals surface area contributed by atoms with Gasteiger partial charge in [-0.2, -0.15) is 0 Å². The summed E-state index contributed by atoms with van der Waals surface area (Å²) in [6.45, 7) is 2.86. The van der Waals surface area contributed by atoms with Gasteiger partial charge in [0, 0.05) is 30.2 Å². The number of ether oxygens (including phenoxy) is 1. The van der Waals surface area contributed by atoms with E-state index < -0.39 is 0 Å². The Bertz CT molecular complexity index is 866. The molecule has 0 saturated heterocycles. The van der Waals surface area contributed by atoms with Crippen LogP contribution in [0, 0.1) is 6.92 Å². The molecular weight excluding hydrogens is 300 g/mol. The van der Waals surface area contributed by atoms with Crippen molar-refractivity contribution < 1.29 is 9.53 Å². The van der Waals surface area contributed by atoms with Crippen molar-refractivity contribution in [1.29, 1.82) is 0 Å². The van der Waals surface area contributed by atoms with Crippen molar-refractivity contribution in [3.05, 3.63) is 65.4 Å². The minimum atomic E-state index is 0.0136. The van der Waals surface area contributed by atoms with Gasteiger partial charge in [0.1, 0.15) is 5.75 Å². The number of nitrogens with one attached hydrogen (secondary N) is 1. The van der Waals surface area contributed by atoms with Gasteiger partial charge in [-0.25, -0.2) is 0 Å². The Morgan fingerprint density at radius 3 is 2.58 bits per heavy atom. The van der Waals surface area contributed by atoms with Crippen molar-refractivity contribution in [2.24, 2.45) is 0 Å². The van der Waals surface area contributed by atoms with E-state index in [-0.39, 0.29) is 5.91 Å². The fraction of sp³-hybridized carbons (Fsp3) is 0.250. The highest BCUT2D eigenvalue weighted by Gasteiger charge is 2.17. The van der Waals surface area contributed by atoms with E-state index in [4.69, 9.17) is 4.74 Å². The molecule has 4 nitrogen and oxygen atoms in total. The second kappa shape index (κ2) is 6.79. The quantitative estimate of drug-likeness (QED) is 0.783. The summed E-state index contributed by atoms with van der Waals surface area (Å²) in [5.74, 6) is 0.817. The van der Waals surface area contributed by atoms with E-state index in [2.05, 4.69) is 35.0 Å². The molecule has 0 spiro atoms. The Hall–Kier alpha value is -2.75. The van der Waals surface area contributed by atoms with Crippen LogP contribution in [-0.2, 0) is 17.8 Å². The Morgan fingerprint density at radius 2 is 1.92 bits per heavy atom. The highest BCUT2D eigenvalue weighted by Crippen LogP contribution is 2.30. The lowest BCUT2D eigenvalue weighted by atomic mass is 10.1. The number of hydrogen-bond acceptors (Lipinski definition) is 2. The van der Waals surface area contributed by atoms with Gasteiger partial charge in [0.2, 0.25) is 5.91 Å². The molecule has 2 aromatic carbocycles. The first-order chi connectivity index (χ1) is 11.6. The van der Waals surface area contributed by atoms with Gasteiger partial charge in [-0.1, -0.05) is 30.3 Å². The fourth-order valence-corrected chi connectivity index (χ4v) is 3.10. The number of fused-ring (bicyclic) bond motifs is 1. The van der Waals surface area contributed by atoms with Gasteiger partial charge in [0.05, 0.1) is 13.5 Å². The van der Waals surface area contributed by atoms with Crippen molar-refractivity contribution >= 4 is 16.8 Å². The summed E-state index contributed by atoms with van der Waals surface area (Å²) in [5.41, 5.74) is 4.53. The van der Waals surface area contributed by atoms with E-state index in [0.29, 0.717) is 6.42 Å². The van der Waals surface area contributed by atoms with Crippen LogP contribution in [0.3, 0.4) is 0 Å². The SMILES string of the molecule is CNC(=O)Cc1c(C)n(Cc2ccccc2)c2ccc(OC)cc12. The molecule has 1 aromatic heterocycles. The number of nitrogens with zero attached hydrogens (tertiary/aromatic N) is 1. The van der Waals surface area contributed by atoms with Crippen LogP contribution in [0.15, 0.2) is 48.5 Å². The normalized spacial score (nSPS) is 10.8. The van der Waals surface area contributed by atoms with E-state index in [9.17, 15) is 4.79 Å². The maximum absolute atomic E-state index is 11.9. The van der Waals surface area contributed by atoms with Crippen LogP contribution >= 0.6 is 0 Å². The number of likely N-dealkylation sites (N-methyl/N-ethyl adjacent to an activating group) is 1. The molecule has 0 aliphatic heterocycles. The molecule has 24 heavy (non-hydrogen) atoms. The zero-order chi connectivity index (χ0) is 17.1. The Labute approximate surface area is 142 Å². The molecule has 0 atom stereocenters. The number of hydrogen-bond donors (Lipinski definition) is 1. The van der Waals surface area contributed by atoms with Gasteiger partial charge in [-0.3, -0.25) is 4.79 Å². The summed E-state index contributed by atoms with van der Waals surface area (Å²) >= 11 is 0. The lowest BCUT2D eigenvalue weighted by Crippen LogP contribution is -2.20. The zero-order valence-electron chi connectivity index (χ0n) is 14.3. The summed E-state index contributed by atoms with van der Waals surface area (Å²) in [6.07, 6.45) is 0.369. The average molecular weight is 322 g/mol. The van der Waals surface area contributed by atoms with E-state index in [1.165, 1.54) is 5.56 Å². The molecule has 124 valence electrons. The molecule has 0 aliphatic carbocycles. The molecule has 0 radical (unpaired) electrons. The second-order valence-electron chi connectivity index (χ2n) is 5.87. The highest BCUT2D eigenvalue weighted by atomic mass is 16.5. The summed E-state index contributed by atoms with van der Waals surface area (Å²) < 4.78 is 7.63. The first kappa shape index (κ1) is 16.1. The van der Waals surface area contributed by atoms with E-state index in [0.717, 1.165) is 34.5 Å². The summed E-state index contributed by atoms with van der Waals surface area (Å²) in [6, 6.07) is 16.4. The summed E-state index contributed by atoms with van der Waals surface area (Å²) in [5, 5.41) is 3.79. The standard InChI is InChI=1S/C20H22N2O2/c1-14-17(12-20(23)21-2)18-11-16(24-3)9-10-19(18)22(14)13-15-7-5-4-6-8-15/h4-11H,12-13H2,1-3H3,(H,21,23). The average Bonchev–Trinajstić information content (AvgIpc) is 2.87. The molecule has 0 bridgehead atoms. The smallest absolute Gasteiger partial charge is 0.224 e. The molecule has 1 amide bonds. The summed E-state index contributed by atoms with van der Waals surface area (Å²) in [7, 11) is 3.33. The second-order valence-corrected chi connectivity index (χ2v) is 5.87. The van der Waals surface area contributed by atoms with Crippen molar-refractivity contribution in [2.75, 3.05) is 14.2 Å².